The average Bonchev–Trinajstić information content (AvgIpc) is 2.89. The molecular weight excluding hydrogens is 262 g/mol. The van der Waals surface area contributed by atoms with E-state index in [1.54, 1.807) is 0 Å². The van der Waals surface area contributed by atoms with Crippen LogP contribution in [0.1, 0.15) is 39.0 Å². The van der Waals surface area contributed by atoms with E-state index >= 15 is 0 Å². The number of benzene rings is 1. The van der Waals surface area contributed by atoms with Crippen molar-refractivity contribution in [1.29, 1.82) is 0 Å². The van der Waals surface area contributed by atoms with E-state index < -0.39 is 0 Å². The first-order valence-electron chi connectivity index (χ1n) is 7.79. The molecule has 2 aromatic rings. The Balaban J connectivity index is 1.83. The summed E-state index contributed by atoms with van der Waals surface area (Å²) in [6, 6.07) is 8.70. The van der Waals surface area contributed by atoms with Crippen molar-refractivity contribution in [1.82, 2.24) is 10.2 Å². The fourth-order valence-corrected chi connectivity index (χ4v) is 3.28. The highest BCUT2D eigenvalue weighted by Crippen LogP contribution is 2.33. The number of anilines is 1. The summed E-state index contributed by atoms with van der Waals surface area (Å²) >= 11 is 0. The first-order chi connectivity index (χ1) is 10.1. The smallest absolute Gasteiger partial charge is 0.249 e. The fraction of sp³-hybridized carbons (Fsp3) is 0.529. The van der Waals surface area contributed by atoms with Crippen LogP contribution in [0, 0.1) is 18.8 Å². The summed E-state index contributed by atoms with van der Waals surface area (Å²) in [6.07, 6.45) is 3.81. The third-order valence-corrected chi connectivity index (χ3v) is 4.46. The van der Waals surface area contributed by atoms with Crippen LogP contribution in [-0.4, -0.2) is 16.2 Å². The molecule has 1 fully saturated rings. The van der Waals surface area contributed by atoms with Crippen LogP contribution in [0.5, 0.6) is 0 Å². The summed E-state index contributed by atoms with van der Waals surface area (Å²) in [5.74, 6) is 2.71. The Kier molecular flexibility index (Phi) is 3.95. The quantitative estimate of drug-likeness (QED) is 0.914. The van der Waals surface area contributed by atoms with Crippen LogP contribution >= 0.6 is 0 Å². The van der Waals surface area contributed by atoms with Gasteiger partial charge in [-0.3, -0.25) is 0 Å². The number of rotatable bonds is 3. The Morgan fingerprint density at radius 3 is 2.67 bits per heavy atom. The van der Waals surface area contributed by atoms with Crippen molar-refractivity contribution in [2.75, 3.05) is 5.32 Å². The lowest BCUT2D eigenvalue weighted by Gasteiger charge is -2.34. The Hall–Kier alpha value is -1.84. The number of hydrogen-bond donors (Lipinski definition) is 1. The van der Waals surface area contributed by atoms with Gasteiger partial charge in [-0.15, -0.1) is 10.2 Å². The van der Waals surface area contributed by atoms with Gasteiger partial charge in [-0.05, 0) is 43.2 Å². The minimum Gasteiger partial charge on any atom is -0.421 e. The molecule has 3 rings (SSSR count). The van der Waals surface area contributed by atoms with E-state index in [0.29, 0.717) is 23.7 Å². The molecule has 1 N–H and O–H groups in total. The van der Waals surface area contributed by atoms with Gasteiger partial charge >= 0.3 is 0 Å². The third-order valence-electron chi connectivity index (χ3n) is 4.46. The van der Waals surface area contributed by atoms with E-state index in [1.807, 2.05) is 25.1 Å². The van der Waals surface area contributed by atoms with E-state index in [2.05, 4.69) is 35.4 Å². The van der Waals surface area contributed by atoms with Crippen molar-refractivity contribution in [3.63, 3.8) is 0 Å². The van der Waals surface area contributed by atoms with Crippen molar-refractivity contribution in [2.24, 2.45) is 11.8 Å². The molecule has 112 valence electrons. The molecule has 1 aromatic carbocycles. The zero-order valence-electron chi connectivity index (χ0n) is 13.0. The molecule has 1 heterocycles. The molecule has 0 radical (unpaired) electrons. The van der Waals surface area contributed by atoms with Crippen molar-refractivity contribution < 1.29 is 4.42 Å². The molecule has 21 heavy (non-hydrogen) atoms. The van der Waals surface area contributed by atoms with Gasteiger partial charge in [0.05, 0.1) is 5.56 Å². The molecule has 0 saturated heterocycles. The van der Waals surface area contributed by atoms with Gasteiger partial charge in [-0.1, -0.05) is 26.0 Å². The molecule has 4 nitrogen and oxygen atoms in total. The first kappa shape index (κ1) is 14.1. The van der Waals surface area contributed by atoms with Crippen molar-refractivity contribution in [2.45, 2.75) is 46.1 Å². The van der Waals surface area contributed by atoms with Crippen molar-refractivity contribution >= 4 is 5.69 Å². The molecule has 0 aliphatic heterocycles. The summed E-state index contributed by atoms with van der Waals surface area (Å²) in [5.41, 5.74) is 2.08. The highest BCUT2D eigenvalue weighted by molar-refractivity contribution is 5.72. The van der Waals surface area contributed by atoms with Gasteiger partial charge in [-0.2, -0.15) is 0 Å². The SMILES string of the molecule is Cc1nnc(-c2ccccc2NC2CCC(C)CC2C)o1. The first-order valence-corrected chi connectivity index (χ1v) is 7.79. The average molecular weight is 285 g/mol. The maximum Gasteiger partial charge on any atom is 0.249 e. The largest absolute Gasteiger partial charge is 0.421 e. The molecule has 1 aromatic heterocycles. The van der Waals surface area contributed by atoms with E-state index in [4.69, 9.17) is 4.42 Å². The molecule has 0 bridgehead atoms. The third kappa shape index (κ3) is 3.09. The molecule has 1 aliphatic carbocycles. The fourth-order valence-electron chi connectivity index (χ4n) is 3.28. The van der Waals surface area contributed by atoms with Crippen molar-refractivity contribution in [3.8, 4) is 11.5 Å². The van der Waals surface area contributed by atoms with Gasteiger partial charge in [0.1, 0.15) is 0 Å². The van der Waals surface area contributed by atoms with Crippen LogP contribution in [0.4, 0.5) is 5.69 Å². The van der Waals surface area contributed by atoms with Gasteiger partial charge < -0.3 is 9.73 Å². The van der Waals surface area contributed by atoms with Crippen LogP contribution in [0.3, 0.4) is 0 Å². The second kappa shape index (κ2) is 5.88. The molecule has 1 aliphatic rings. The van der Waals surface area contributed by atoms with Crippen molar-refractivity contribution in [3.05, 3.63) is 30.2 Å². The Bertz CT molecular complexity index is 608. The minimum atomic E-state index is 0.520. The number of aromatic nitrogens is 2. The highest BCUT2D eigenvalue weighted by atomic mass is 16.4. The van der Waals surface area contributed by atoms with Gasteiger partial charge in [0.25, 0.3) is 0 Å². The molecule has 3 atom stereocenters. The zero-order valence-corrected chi connectivity index (χ0v) is 13.0. The predicted octanol–water partition coefficient (Wildman–Crippen LogP) is 4.28. The van der Waals surface area contributed by atoms with Gasteiger partial charge in [0.15, 0.2) is 0 Å². The zero-order chi connectivity index (χ0) is 14.8. The Morgan fingerprint density at radius 2 is 1.95 bits per heavy atom. The normalized spacial score (nSPS) is 25.8. The van der Waals surface area contributed by atoms with Gasteiger partial charge in [0, 0.05) is 18.7 Å². The lowest BCUT2D eigenvalue weighted by atomic mass is 9.80. The van der Waals surface area contributed by atoms with Gasteiger partial charge in [0.2, 0.25) is 11.8 Å². The van der Waals surface area contributed by atoms with E-state index in [9.17, 15) is 0 Å². The van der Waals surface area contributed by atoms with E-state index in [0.717, 1.165) is 17.2 Å². The Morgan fingerprint density at radius 1 is 1.14 bits per heavy atom. The maximum atomic E-state index is 5.58. The summed E-state index contributed by atoms with van der Waals surface area (Å²) < 4.78 is 5.58. The molecule has 3 unspecified atom stereocenters. The summed E-state index contributed by atoms with van der Waals surface area (Å²) in [4.78, 5) is 0. The monoisotopic (exact) mass is 285 g/mol. The summed E-state index contributed by atoms with van der Waals surface area (Å²) in [7, 11) is 0. The van der Waals surface area contributed by atoms with Crippen LogP contribution in [0.25, 0.3) is 11.5 Å². The van der Waals surface area contributed by atoms with E-state index in [1.165, 1.54) is 19.3 Å². The van der Waals surface area contributed by atoms with Gasteiger partial charge in [-0.25, -0.2) is 0 Å². The van der Waals surface area contributed by atoms with Crippen LogP contribution in [0.15, 0.2) is 28.7 Å². The topological polar surface area (TPSA) is 51.0 Å². The number of aryl methyl sites for hydroxylation is 1. The predicted molar refractivity (Wildman–Crippen MR) is 84.1 cm³/mol. The highest BCUT2D eigenvalue weighted by Gasteiger charge is 2.26. The minimum absolute atomic E-state index is 0.520. The number of nitrogens with one attached hydrogen (secondary N) is 1. The van der Waals surface area contributed by atoms with Crippen LogP contribution in [-0.2, 0) is 0 Å². The Labute approximate surface area is 126 Å². The number of nitrogens with zero attached hydrogens (tertiary/aromatic N) is 2. The summed E-state index contributed by atoms with van der Waals surface area (Å²) in [5, 5.41) is 11.8. The maximum absolute atomic E-state index is 5.58. The summed E-state index contributed by atoms with van der Waals surface area (Å²) in [6.45, 7) is 6.51. The van der Waals surface area contributed by atoms with Crippen LogP contribution < -0.4 is 5.32 Å². The van der Waals surface area contributed by atoms with E-state index in [-0.39, 0.29) is 0 Å². The lowest BCUT2D eigenvalue weighted by Crippen LogP contribution is -2.33. The lowest BCUT2D eigenvalue weighted by molar-refractivity contribution is 0.276. The second-order valence-electron chi connectivity index (χ2n) is 6.32. The number of para-hydroxylation sites is 1. The molecule has 4 heteroatoms. The molecule has 0 amide bonds. The standard InChI is InChI=1S/C17H23N3O/c1-11-8-9-15(12(2)10-11)18-16-7-5-4-6-14(16)17-20-19-13(3)21-17/h4-7,11-12,15,18H,8-10H2,1-3H3. The second-order valence-corrected chi connectivity index (χ2v) is 6.32. The van der Waals surface area contributed by atoms with Crippen LogP contribution in [0.2, 0.25) is 0 Å². The number of hydrogen-bond acceptors (Lipinski definition) is 4. The molecular formula is C17H23N3O. The molecule has 0 spiro atoms. The molecule has 1 saturated carbocycles.